The summed E-state index contributed by atoms with van der Waals surface area (Å²) < 4.78 is 6.08. The van der Waals surface area contributed by atoms with Gasteiger partial charge in [0.1, 0.15) is 11.3 Å². The van der Waals surface area contributed by atoms with Crippen molar-refractivity contribution >= 4 is 61.4 Å². The highest BCUT2D eigenvalue weighted by Gasteiger charge is 2.13. The number of carbonyl (C=O) groups is 1. The van der Waals surface area contributed by atoms with Crippen LogP contribution in [0, 0.1) is 0 Å². The average Bonchev–Trinajstić information content (AvgIpc) is 3.11. The van der Waals surface area contributed by atoms with Crippen LogP contribution in [0.3, 0.4) is 0 Å². The number of hydrogen-bond donors (Lipinski definition) is 2. The molecule has 1 amide bonds. The van der Waals surface area contributed by atoms with Crippen LogP contribution < -0.4 is 5.43 Å². The molecule has 134 valence electrons. The zero-order chi connectivity index (χ0) is 19.0. The van der Waals surface area contributed by atoms with E-state index < -0.39 is 5.91 Å². The summed E-state index contributed by atoms with van der Waals surface area (Å²) in [5, 5.41) is 16.7. The van der Waals surface area contributed by atoms with E-state index in [0.29, 0.717) is 15.6 Å². The molecule has 2 N–H and O–H groups in total. The Kier molecular flexibility index (Phi) is 4.59. The van der Waals surface area contributed by atoms with Crippen LogP contribution in [0.2, 0.25) is 5.02 Å². The number of rotatable bonds is 3. The van der Waals surface area contributed by atoms with Crippen LogP contribution in [0.25, 0.3) is 21.7 Å². The molecule has 27 heavy (non-hydrogen) atoms. The summed E-state index contributed by atoms with van der Waals surface area (Å²) in [5.41, 5.74) is 3.67. The summed E-state index contributed by atoms with van der Waals surface area (Å²) in [6.07, 6.45) is 1.42. The lowest BCUT2D eigenvalue weighted by molar-refractivity contribution is 0.0929. The fraction of sp³-hybridized carbons (Fsp3) is 0. The van der Waals surface area contributed by atoms with Crippen LogP contribution in [0.5, 0.6) is 5.75 Å². The number of phenolic OH excluding ortho intramolecular Hbond substituents is 1. The van der Waals surface area contributed by atoms with Crippen LogP contribution in [0.4, 0.5) is 0 Å². The highest BCUT2D eigenvalue weighted by atomic mass is 79.9. The maximum atomic E-state index is 12.3. The molecule has 0 radical (unpaired) electrons. The number of amides is 1. The second-order valence-electron chi connectivity index (χ2n) is 5.84. The average molecular weight is 444 g/mol. The van der Waals surface area contributed by atoms with Gasteiger partial charge >= 0.3 is 5.91 Å². The number of hydrogen-bond acceptors (Lipinski definition) is 4. The molecule has 0 fully saturated rings. The second kappa shape index (κ2) is 7.06. The number of nitrogens with one attached hydrogen (secondary N) is 1. The molecular weight excluding hydrogens is 432 g/mol. The van der Waals surface area contributed by atoms with E-state index in [1.807, 2.05) is 36.4 Å². The van der Waals surface area contributed by atoms with Gasteiger partial charge in [-0.15, -0.1) is 0 Å². The summed E-state index contributed by atoms with van der Waals surface area (Å²) >= 11 is 9.10. The van der Waals surface area contributed by atoms with Gasteiger partial charge in [0, 0.05) is 5.39 Å². The summed E-state index contributed by atoms with van der Waals surface area (Å²) in [6, 6.07) is 16.6. The Morgan fingerprint density at radius 1 is 1.15 bits per heavy atom. The molecule has 7 heteroatoms. The van der Waals surface area contributed by atoms with Crippen molar-refractivity contribution < 1.29 is 14.3 Å². The van der Waals surface area contributed by atoms with Crippen molar-refractivity contribution in [3.05, 3.63) is 75.4 Å². The highest BCUT2D eigenvalue weighted by molar-refractivity contribution is 9.10. The molecule has 0 saturated carbocycles. The number of hydrazone groups is 1. The lowest BCUT2D eigenvalue weighted by Crippen LogP contribution is -2.16. The molecule has 0 atom stereocenters. The smallest absolute Gasteiger partial charge is 0.307 e. The zero-order valence-corrected chi connectivity index (χ0v) is 16.1. The number of fused-ring (bicyclic) bond motifs is 3. The minimum absolute atomic E-state index is 0.0487. The fourth-order valence-electron chi connectivity index (χ4n) is 2.78. The van der Waals surface area contributed by atoms with E-state index in [-0.39, 0.29) is 16.5 Å². The molecule has 0 aliphatic heterocycles. The molecule has 5 nitrogen and oxygen atoms in total. The first-order valence-electron chi connectivity index (χ1n) is 7.95. The maximum absolute atomic E-state index is 12.3. The van der Waals surface area contributed by atoms with Crippen molar-refractivity contribution in [2.45, 2.75) is 0 Å². The molecule has 0 aliphatic rings. The monoisotopic (exact) mass is 442 g/mol. The quantitative estimate of drug-likeness (QED) is 0.326. The lowest BCUT2D eigenvalue weighted by atomic mass is 10.1. The molecule has 0 aliphatic carbocycles. The Balaban J connectivity index is 1.57. The first-order valence-corrected chi connectivity index (χ1v) is 9.13. The van der Waals surface area contributed by atoms with Gasteiger partial charge in [-0.1, -0.05) is 41.9 Å². The van der Waals surface area contributed by atoms with Gasteiger partial charge in [-0.2, -0.15) is 5.10 Å². The number of furan rings is 1. The van der Waals surface area contributed by atoms with Gasteiger partial charge < -0.3 is 9.52 Å². The number of halogens is 2. The topological polar surface area (TPSA) is 74.8 Å². The third-order valence-electron chi connectivity index (χ3n) is 4.07. The number of benzene rings is 3. The molecule has 0 saturated heterocycles. The van der Waals surface area contributed by atoms with Crippen LogP contribution in [0.1, 0.15) is 16.1 Å². The van der Waals surface area contributed by atoms with Gasteiger partial charge in [0.25, 0.3) is 0 Å². The zero-order valence-electron chi connectivity index (χ0n) is 13.7. The van der Waals surface area contributed by atoms with Gasteiger partial charge in [0.2, 0.25) is 0 Å². The van der Waals surface area contributed by atoms with Crippen LogP contribution in [-0.4, -0.2) is 17.2 Å². The van der Waals surface area contributed by atoms with Crippen molar-refractivity contribution in [2.75, 3.05) is 0 Å². The predicted molar refractivity (Wildman–Crippen MR) is 110 cm³/mol. The van der Waals surface area contributed by atoms with Gasteiger partial charge in [0.15, 0.2) is 5.76 Å². The Morgan fingerprint density at radius 3 is 2.78 bits per heavy atom. The van der Waals surface area contributed by atoms with Gasteiger partial charge in [0.05, 0.1) is 15.7 Å². The molecule has 1 heterocycles. The first-order chi connectivity index (χ1) is 13.0. The first kappa shape index (κ1) is 17.6. The summed E-state index contributed by atoms with van der Waals surface area (Å²) in [7, 11) is 0. The molecular formula is C20H12BrClN2O3. The van der Waals surface area contributed by atoms with Crippen molar-refractivity contribution in [2.24, 2.45) is 5.10 Å². The number of phenols is 1. The van der Waals surface area contributed by atoms with E-state index in [0.717, 1.165) is 16.2 Å². The third-order valence-corrected chi connectivity index (χ3v) is 4.96. The summed E-state index contributed by atoms with van der Waals surface area (Å²) in [5.74, 6) is -0.341. The van der Waals surface area contributed by atoms with E-state index in [4.69, 9.17) is 16.0 Å². The highest BCUT2D eigenvalue weighted by Crippen LogP contribution is 2.32. The van der Waals surface area contributed by atoms with Gasteiger partial charge in [-0.25, -0.2) is 5.43 Å². The van der Waals surface area contributed by atoms with E-state index in [1.54, 1.807) is 12.1 Å². The molecule has 0 spiro atoms. The third kappa shape index (κ3) is 3.41. The number of nitrogens with zero attached hydrogens (tertiary/aromatic N) is 1. The molecule has 1 aromatic heterocycles. The van der Waals surface area contributed by atoms with Crippen LogP contribution in [-0.2, 0) is 0 Å². The summed E-state index contributed by atoms with van der Waals surface area (Å²) in [4.78, 5) is 12.3. The molecule has 0 bridgehead atoms. The largest absolute Gasteiger partial charge is 0.505 e. The van der Waals surface area contributed by atoms with Crippen LogP contribution in [0.15, 0.2) is 68.6 Å². The lowest BCUT2D eigenvalue weighted by Gasteiger charge is -2.01. The SMILES string of the molecule is O=C(NN=Cc1cc(Cl)c(O)c(Br)c1)c1cc2c(ccc3ccccc32)o1. The Bertz CT molecular complexity index is 1190. The van der Waals surface area contributed by atoms with Crippen molar-refractivity contribution in [1.82, 2.24) is 5.43 Å². The van der Waals surface area contributed by atoms with E-state index in [1.165, 1.54) is 12.3 Å². The van der Waals surface area contributed by atoms with Gasteiger partial charge in [-0.05, 0) is 56.5 Å². The Hall–Kier alpha value is -2.83. The Labute approximate surface area is 167 Å². The minimum atomic E-state index is -0.463. The van der Waals surface area contributed by atoms with Crippen molar-refractivity contribution in [3.63, 3.8) is 0 Å². The Morgan fingerprint density at radius 2 is 1.96 bits per heavy atom. The minimum Gasteiger partial charge on any atom is -0.505 e. The van der Waals surface area contributed by atoms with Gasteiger partial charge in [-0.3, -0.25) is 4.79 Å². The summed E-state index contributed by atoms with van der Waals surface area (Å²) in [6.45, 7) is 0. The molecule has 4 aromatic rings. The molecule has 0 unspecified atom stereocenters. The fourth-order valence-corrected chi connectivity index (χ4v) is 3.60. The maximum Gasteiger partial charge on any atom is 0.307 e. The number of carbonyl (C=O) groups excluding carboxylic acids is 1. The van der Waals surface area contributed by atoms with Crippen molar-refractivity contribution in [1.29, 1.82) is 0 Å². The number of aromatic hydroxyl groups is 1. The standard InChI is InChI=1S/C20H12BrClN2O3/c21-15-7-11(8-16(22)19(15)25)10-23-24-20(26)18-9-14-13-4-2-1-3-12(13)5-6-17(14)27-18/h1-10,25H,(H,24,26). The predicted octanol–water partition coefficient (Wildman–Crippen LogP) is 5.47. The van der Waals surface area contributed by atoms with E-state index in [9.17, 15) is 9.90 Å². The normalized spacial score (nSPS) is 11.5. The van der Waals surface area contributed by atoms with E-state index >= 15 is 0 Å². The molecule has 3 aromatic carbocycles. The van der Waals surface area contributed by atoms with Crippen LogP contribution >= 0.6 is 27.5 Å². The van der Waals surface area contributed by atoms with E-state index in [2.05, 4.69) is 26.5 Å². The molecule has 4 rings (SSSR count). The second-order valence-corrected chi connectivity index (χ2v) is 7.10. The van der Waals surface area contributed by atoms with Crippen molar-refractivity contribution in [3.8, 4) is 5.75 Å².